The number of hydrogen-bond acceptors (Lipinski definition) is 10. The average Bonchev–Trinajstić information content (AvgIpc) is 2.87. The van der Waals surface area contributed by atoms with Crippen molar-refractivity contribution in [1.29, 1.82) is 0 Å². The summed E-state index contributed by atoms with van der Waals surface area (Å²) < 4.78 is 34.4. The average molecular weight is 579 g/mol. The number of esters is 3. The Bertz CT molecular complexity index is 1540. The van der Waals surface area contributed by atoms with Gasteiger partial charge < -0.3 is 28.4 Å². The SMILES string of the molecule is COc1cc([C@H]2COc3c(CC=C(C)C)c4c(c(OC(C)=O)c3C2=O)C=CC(C)(C)O4)c(OC(C)=O)cc1OC(C)=O. The van der Waals surface area contributed by atoms with Gasteiger partial charge >= 0.3 is 17.9 Å². The highest BCUT2D eigenvalue weighted by Crippen LogP contribution is 2.52. The summed E-state index contributed by atoms with van der Waals surface area (Å²) in [5.41, 5.74) is 1.82. The fourth-order valence-electron chi connectivity index (χ4n) is 4.85. The van der Waals surface area contributed by atoms with Crippen LogP contribution in [0.3, 0.4) is 0 Å². The minimum Gasteiger partial charge on any atom is -0.493 e. The standard InChI is InChI=1S/C32H34O10/c1-16(2)9-10-20-29-21(11-12-32(6,7)42-29)31(41-19(5)35)27-28(36)23(15-38-30(20)27)22-13-25(37-8)26(40-18(4)34)14-24(22)39-17(3)33/h9,11-14,23H,10,15H2,1-8H3/t23-/m1/s1. The molecule has 0 bridgehead atoms. The molecule has 1 atom stereocenters. The van der Waals surface area contributed by atoms with Gasteiger partial charge in [0.25, 0.3) is 0 Å². The number of Topliss-reactive ketones (excluding diaryl/α,β-unsaturated/α-hetero) is 1. The summed E-state index contributed by atoms with van der Waals surface area (Å²) in [6, 6.07) is 2.78. The zero-order chi connectivity index (χ0) is 30.9. The Kier molecular flexibility index (Phi) is 8.47. The van der Waals surface area contributed by atoms with E-state index in [1.54, 1.807) is 6.08 Å². The summed E-state index contributed by atoms with van der Waals surface area (Å²) >= 11 is 0. The molecular weight excluding hydrogens is 544 g/mol. The van der Waals surface area contributed by atoms with Gasteiger partial charge in [-0.2, -0.15) is 0 Å². The Morgan fingerprint density at radius 2 is 1.57 bits per heavy atom. The number of hydrogen-bond donors (Lipinski definition) is 0. The lowest BCUT2D eigenvalue weighted by atomic mass is 9.84. The Morgan fingerprint density at radius 1 is 0.929 bits per heavy atom. The summed E-state index contributed by atoms with van der Waals surface area (Å²) in [6.07, 6.45) is 6.00. The third-order valence-electron chi connectivity index (χ3n) is 6.60. The summed E-state index contributed by atoms with van der Waals surface area (Å²) in [7, 11) is 1.38. The largest absolute Gasteiger partial charge is 0.493 e. The lowest BCUT2D eigenvalue weighted by Crippen LogP contribution is -2.32. The number of allylic oxidation sites excluding steroid dienone is 2. The summed E-state index contributed by atoms with van der Waals surface area (Å²) in [5, 5.41) is 0. The fourth-order valence-corrected chi connectivity index (χ4v) is 4.85. The van der Waals surface area contributed by atoms with Crippen molar-refractivity contribution >= 4 is 29.8 Å². The molecule has 2 heterocycles. The molecule has 10 heteroatoms. The minimum absolute atomic E-state index is 0.00769. The minimum atomic E-state index is -0.999. The molecule has 0 unspecified atom stereocenters. The molecular formula is C32H34O10. The molecule has 0 saturated carbocycles. The Hall–Kier alpha value is -4.60. The van der Waals surface area contributed by atoms with Crippen LogP contribution in [0.4, 0.5) is 0 Å². The van der Waals surface area contributed by atoms with E-state index in [4.69, 9.17) is 28.4 Å². The van der Waals surface area contributed by atoms with Crippen molar-refractivity contribution in [1.82, 2.24) is 0 Å². The first-order chi connectivity index (χ1) is 19.7. The van der Waals surface area contributed by atoms with Crippen molar-refractivity contribution in [3.63, 3.8) is 0 Å². The molecule has 10 nitrogen and oxygen atoms in total. The number of fused-ring (bicyclic) bond motifs is 2. The predicted molar refractivity (Wildman–Crippen MR) is 153 cm³/mol. The third-order valence-corrected chi connectivity index (χ3v) is 6.60. The molecule has 2 aliphatic rings. The summed E-state index contributed by atoms with van der Waals surface area (Å²) in [5.74, 6) is -2.43. The zero-order valence-corrected chi connectivity index (χ0v) is 25.0. The van der Waals surface area contributed by atoms with Crippen LogP contribution in [0, 0.1) is 0 Å². The molecule has 222 valence electrons. The van der Waals surface area contributed by atoms with E-state index in [1.807, 2.05) is 39.8 Å². The second-order valence-electron chi connectivity index (χ2n) is 10.8. The van der Waals surface area contributed by atoms with Crippen LogP contribution in [-0.2, 0) is 20.8 Å². The number of carbonyl (C=O) groups is 4. The van der Waals surface area contributed by atoms with Crippen LogP contribution in [0.1, 0.15) is 81.4 Å². The molecule has 0 N–H and O–H groups in total. The van der Waals surface area contributed by atoms with Crippen molar-refractivity contribution in [3.8, 4) is 34.5 Å². The monoisotopic (exact) mass is 578 g/mol. The maximum Gasteiger partial charge on any atom is 0.308 e. The van der Waals surface area contributed by atoms with E-state index in [-0.39, 0.29) is 46.5 Å². The topological polar surface area (TPSA) is 124 Å². The number of rotatable bonds is 7. The molecule has 0 aliphatic carbocycles. The van der Waals surface area contributed by atoms with Gasteiger partial charge in [0.15, 0.2) is 23.0 Å². The maximum absolute atomic E-state index is 14.4. The van der Waals surface area contributed by atoms with Gasteiger partial charge in [-0.05, 0) is 52.3 Å². The van der Waals surface area contributed by atoms with E-state index >= 15 is 0 Å². The number of ether oxygens (including phenoxy) is 6. The van der Waals surface area contributed by atoms with Crippen LogP contribution in [0.5, 0.6) is 34.5 Å². The van der Waals surface area contributed by atoms with Crippen LogP contribution in [0.25, 0.3) is 6.08 Å². The highest BCUT2D eigenvalue weighted by molar-refractivity contribution is 6.09. The van der Waals surface area contributed by atoms with E-state index in [0.717, 1.165) is 5.57 Å². The molecule has 0 fully saturated rings. The molecule has 4 rings (SSSR count). The van der Waals surface area contributed by atoms with Crippen LogP contribution in [0.2, 0.25) is 0 Å². The second-order valence-corrected chi connectivity index (χ2v) is 10.8. The van der Waals surface area contributed by atoms with Crippen molar-refractivity contribution in [2.75, 3.05) is 13.7 Å². The van der Waals surface area contributed by atoms with Crippen LogP contribution in [-0.4, -0.2) is 43.0 Å². The molecule has 42 heavy (non-hydrogen) atoms. The number of ketones is 1. The molecule has 0 saturated heterocycles. The first-order valence-electron chi connectivity index (χ1n) is 13.4. The predicted octanol–water partition coefficient (Wildman–Crippen LogP) is 5.52. The van der Waals surface area contributed by atoms with Crippen LogP contribution < -0.4 is 28.4 Å². The first kappa shape index (κ1) is 30.4. The van der Waals surface area contributed by atoms with Crippen molar-refractivity contribution in [3.05, 3.63) is 52.1 Å². The van der Waals surface area contributed by atoms with E-state index in [1.165, 1.54) is 40.0 Å². The summed E-state index contributed by atoms with van der Waals surface area (Å²) in [4.78, 5) is 50.4. The lowest BCUT2D eigenvalue weighted by Gasteiger charge is -2.34. The number of carbonyl (C=O) groups excluding carboxylic acids is 4. The van der Waals surface area contributed by atoms with Gasteiger partial charge in [-0.1, -0.05) is 11.6 Å². The highest BCUT2D eigenvalue weighted by atomic mass is 16.6. The molecule has 2 aromatic rings. The smallest absolute Gasteiger partial charge is 0.308 e. The van der Waals surface area contributed by atoms with Crippen LogP contribution >= 0.6 is 0 Å². The van der Waals surface area contributed by atoms with Crippen molar-refractivity contribution in [2.24, 2.45) is 0 Å². The van der Waals surface area contributed by atoms with Gasteiger partial charge in [0, 0.05) is 38.0 Å². The van der Waals surface area contributed by atoms with Crippen molar-refractivity contribution in [2.45, 2.75) is 66.4 Å². The molecule has 0 spiro atoms. The third kappa shape index (κ3) is 6.17. The lowest BCUT2D eigenvalue weighted by molar-refractivity contribution is -0.133. The van der Waals surface area contributed by atoms with Gasteiger partial charge in [-0.15, -0.1) is 0 Å². The van der Waals surface area contributed by atoms with E-state index in [0.29, 0.717) is 23.3 Å². The normalized spacial score (nSPS) is 16.2. The molecule has 0 amide bonds. The summed E-state index contributed by atoms with van der Waals surface area (Å²) in [6.45, 7) is 11.3. The quantitative estimate of drug-likeness (QED) is 0.236. The van der Waals surface area contributed by atoms with Gasteiger partial charge in [0.05, 0.1) is 18.6 Å². The number of benzene rings is 2. The van der Waals surface area contributed by atoms with Gasteiger partial charge in [0.2, 0.25) is 0 Å². The number of methoxy groups -OCH3 is 1. The van der Waals surface area contributed by atoms with Gasteiger partial charge in [-0.3, -0.25) is 19.2 Å². The van der Waals surface area contributed by atoms with Crippen LogP contribution in [0.15, 0.2) is 29.9 Å². The van der Waals surface area contributed by atoms with E-state index in [2.05, 4.69) is 0 Å². The first-order valence-corrected chi connectivity index (χ1v) is 13.4. The molecule has 2 aromatic carbocycles. The molecule has 2 aliphatic heterocycles. The van der Waals surface area contributed by atoms with Gasteiger partial charge in [-0.25, -0.2) is 0 Å². The van der Waals surface area contributed by atoms with E-state index < -0.39 is 35.2 Å². The van der Waals surface area contributed by atoms with Gasteiger partial charge in [0.1, 0.15) is 35.0 Å². The second kappa shape index (κ2) is 11.7. The Labute approximate surface area is 244 Å². The Morgan fingerprint density at radius 3 is 2.17 bits per heavy atom. The Balaban J connectivity index is 1.97. The van der Waals surface area contributed by atoms with E-state index in [9.17, 15) is 19.2 Å². The molecule has 0 aromatic heterocycles. The van der Waals surface area contributed by atoms with Crippen molar-refractivity contribution < 1.29 is 47.6 Å². The fraction of sp³-hybridized carbons (Fsp3) is 0.375. The maximum atomic E-state index is 14.4. The zero-order valence-electron chi connectivity index (χ0n) is 25.0. The highest BCUT2D eigenvalue weighted by Gasteiger charge is 2.41. The molecule has 0 radical (unpaired) electrons.